The first-order valence-corrected chi connectivity index (χ1v) is 4.15. The summed E-state index contributed by atoms with van der Waals surface area (Å²) in [5, 5.41) is 3.26. The van der Waals surface area contributed by atoms with Crippen molar-refractivity contribution in [3.05, 3.63) is 12.0 Å². The van der Waals surface area contributed by atoms with E-state index in [1.807, 2.05) is 0 Å². The van der Waals surface area contributed by atoms with Crippen LogP contribution >= 0.6 is 0 Å². The Balaban J connectivity index is 2.22. The molecule has 0 atom stereocenters. The zero-order chi connectivity index (χ0) is 8.32. The summed E-state index contributed by atoms with van der Waals surface area (Å²) in [4.78, 5) is 0. The van der Waals surface area contributed by atoms with Crippen LogP contribution < -0.4 is 5.32 Å². The first-order chi connectivity index (χ1) is 5.08. The van der Waals surface area contributed by atoms with Crippen LogP contribution in [0.3, 0.4) is 0 Å². The molecule has 0 saturated carbocycles. The van der Waals surface area contributed by atoms with Crippen LogP contribution in [0.15, 0.2) is 12.0 Å². The molecule has 1 aliphatic heterocycles. The van der Waals surface area contributed by atoms with E-state index in [-0.39, 0.29) is 0 Å². The van der Waals surface area contributed by atoms with E-state index in [0.29, 0.717) is 5.41 Å². The highest BCUT2D eigenvalue weighted by Crippen LogP contribution is 2.13. The molecular weight excluding hydrogens is 138 g/mol. The van der Waals surface area contributed by atoms with Crippen LogP contribution in [0.2, 0.25) is 0 Å². The number of hydrogen-bond donors (Lipinski definition) is 1. The molecule has 0 bridgehead atoms. The van der Waals surface area contributed by atoms with Gasteiger partial charge in [-0.3, -0.25) is 0 Å². The lowest BCUT2D eigenvalue weighted by Crippen LogP contribution is -2.26. The molecule has 0 radical (unpaired) electrons. The first-order valence-electron chi connectivity index (χ1n) is 4.15. The minimum absolute atomic E-state index is 0.326. The van der Waals surface area contributed by atoms with E-state index in [4.69, 9.17) is 4.74 Å². The average molecular weight is 155 g/mol. The van der Waals surface area contributed by atoms with Crippen LogP contribution in [0.4, 0.5) is 0 Å². The maximum Gasteiger partial charge on any atom is 0.182 e. The normalized spacial score (nSPS) is 17.5. The Morgan fingerprint density at radius 3 is 2.73 bits per heavy atom. The largest absolute Gasteiger partial charge is 0.479 e. The minimum atomic E-state index is 0.326. The van der Waals surface area contributed by atoms with Gasteiger partial charge in [0.05, 0.1) is 6.61 Å². The lowest BCUT2D eigenvalue weighted by molar-refractivity contribution is 0.211. The molecule has 0 saturated heterocycles. The fourth-order valence-electron chi connectivity index (χ4n) is 0.893. The molecule has 1 aliphatic rings. The van der Waals surface area contributed by atoms with Gasteiger partial charge in [0.2, 0.25) is 0 Å². The van der Waals surface area contributed by atoms with E-state index >= 15 is 0 Å². The van der Waals surface area contributed by atoms with Gasteiger partial charge in [-0.1, -0.05) is 20.8 Å². The fourth-order valence-corrected chi connectivity index (χ4v) is 0.893. The molecule has 0 unspecified atom stereocenters. The van der Waals surface area contributed by atoms with Gasteiger partial charge in [-0.2, -0.15) is 0 Å². The van der Waals surface area contributed by atoms with Crippen molar-refractivity contribution in [2.75, 3.05) is 13.2 Å². The Morgan fingerprint density at radius 1 is 1.55 bits per heavy atom. The molecule has 1 heterocycles. The summed E-state index contributed by atoms with van der Waals surface area (Å²) in [7, 11) is 0. The standard InChI is InChI=1S/C9H17NO/c1-9(2,3)7-10-8-5-4-6-11-8/h5,10H,4,6-7H2,1-3H3. The van der Waals surface area contributed by atoms with E-state index in [9.17, 15) is 0 Å². The lowest BCUT2D eigenvalue weighted by atomic mass is 9.97. The smallest absolute Gasteiger partial charge is 0.182 e. The molecular formula is C9H17NO. The third-order valence-electron chi connectivity index (χ3n) is 1.50. The second-order valence-electron chi connectivity index (χ2n) is 4.12. The lowest BCUT2D eigenvalue weighted by Gasteiger charge is -2.19. The second-order valence-corrected chi connectivity index (χ2v) is 4.12. The molecule has 1 N–H and O–H groups in total. The van der Waals surface area contributed by atoms with Crippen molar-refractivity contribution in [2.24, 2.45) is 5.41 Å². The third kappa shape index (κ3) is 3.30. The van der Waals surface area contributed by atoms with Crippen molar-refractivity contribution in [1.29, 1.82) is 0 Å². The maximum atomic E-state index is 5.30. The van der Waals surface area contributed by atoms with Gasteiger partial charge < -0.3 is 10.1 Å². The predicted molar refractivity (Wildman–Crippen MR) is 46.1 cm³/mol. The Morgan fingerprint density at radius 2 is 2.27 bits per heavy atom. The van der Waals surface area contributed by atoms with Crippen molar-refractivity contribution in [1.82, 2.24) is 5.32 Å². The first kappa shape index (κ1) is 8.44. The molecule has 0 spiro atoms. The molecule has 0 amide bonds. The summed E-state index contributed by atoms with van der Waals surface area (Å²) in [6, 6.07) is 0. The molecule has 0 aromatic carbocycles. The number of nitrogens with one attached hydrogen (secondary N) is 1. The van der Waals surface area contributed by atoms with Crippen LogP contribution in [-0.2, 0) is 4.74 Å². The van der Waals surface area contributed by atoms with Crippen molar-refractivity contribution in [3.63, 3.8) is 0 Å². The average Bonchev–Trinajstić information content (AvgIpc) is 2.32. The molecule has 11 heavy (non-hydrogen) atoms. The summed E-state index contributed by atoms with van der Waals surface area (Å²) in [5.74, 6) is 0.958. The van der Waals surface area contributed by atoms with Crippen LogP contribution in [0.1, 0.15) is 27.2 Å². The summed E-state index contributed by atoms with van der Waals surface area (Å²) in [6.07, 6.45) is 3.15. The predicted octanol–water partition coefficient (Wildman–Crippen LogP) is 1.88. The van der Waals surface area contributed by atoms with Gasteiger partial charge in [-0.25, -0.2) is 0 Å². The Bertz CT molecular complexity index is 155. The topological polar surface area (TPSA) is 21.3 Å². The van der Waals surface area contributed by atoms with E-state index in [0.717, 1.165) is 25.5 Å². The fraction of sp³-hybridized carbons (Fsp3) is 0.778. The van der Waals surface area contributed by atoms with E-state index in [2.05, 4.69) is 32.2 Å². The number of hydrogen-bond acceptors (Lipinski definition) is 2. The highest BCUT2D eigenvalue weighted by molar-refractivity contribution is 4.96. The van der Waals surface area contributed by atoms with Crippen molar-refractivity contribution in [3.8, 4) is 0 Å². The molecule has 0 fully saturated rings. The second kappa shape index (κ2) is 3.16. The summed E-state index contributed by atoms with van der Waals surface area (Å²) in [6.45, 7) is 8.42. The van der Waals surface area contributed by atoms with Gasteiger partial charge in [0.15, 0.2) is 5.88 Å². The van der Waals surface area contributed by atoms with Crippen molar-refractivity contribution in [2.45, 2.75) is 27.2 Å². The minimum Gasteiger partial charge on any atom is -0.479 e. The Kier molecular flexibility index (Phi) is 2.42. The highest BCUT2D eigenvalue weighted by Gasteiger charge is 2.11. The Labute approximate surface area is 68.6 Å². The van der Waals surface area contributed by atoms with Crippen LogP contribution in [-0.4, -0.2) is 13.2 Å². The van der Waals surface area contributed by atoms with Crippen molar-refractivity contribution < 1.29 is 4.74 Å². The Hall–Kier alpha value is -0.660. The number of ether oxygens (including phenoxy) is 1. The molecule has 2 heteroatoms. The monoisotopic (exact) mass is 155 g/mol. The van der Waals surface area contributed by atoms with E-state index in [1.165, 1.54) is 0 Å². The SMILES string of the molecule is CC(C)(C)CNC1=CCCO1. The van der Waals surface area contributed by atoms with Gasteiger partial charge in [0.1, 0.15) is 0 Å². The van der Waals surface area contributed by atoms with Gasteiger partial charge in [-0.05, 0) is 11.5 Å². The van der Waals surface area contributed by atoms with Gasteiger partial charge in [0.25, 0.3) is 0 Å². The quantitative estimate of drug-likeness (QED) is 0.657. The van der Waals surface area contributed by atoms with Crippen LogP contribution in [0, 0.1) is 5.41 Å². The summed E-state index contributed by atoms with van der Waals surface area (Å²) in [5.41, 5.74) is 0.326. The maximum absolute atomic E-state index is 5.30. The summed E-state index contributed by atoms with van der Waals surface area (Å²) < 4.78 is 5.30. The molecule has 0 aromatic rings. The van der Waals surface area contributed by atoms with Gasteiger partial charge in [-0.15, -0.1) is 0 Å². The highest BCUT2D eigenvalue weighted by atomic mass is 16.5. The molecule has 0 aromatic heterocycles. The van der Waals surface area contributed by atoms with E-state index < -0.39 is 0 Å². The molecule has 2 nitrogen and oxygen atoms in total. The number of rotatable bonds is 2. The molecule has 1 rings (SSSR count). The molecule has 0 aliphatic carbocycles. The van der Waals surface area contributed by atoms with Crippen molar-refractivity contribution >= 4 is 0 Å². The third-order valence-corrected chi connectivity index (χ3v) is 1.50. The van der Waals surface area contributed by atoms with Gasteiger partial charge >= 0.3 is 0 Å². The van der Waals surface area contributed by atoms with Crippen LogP contribution in [0.25, 0.3) is 0 Å². The molecule has 64 valence electrons. The zero-order valence-electron chi connectivity index (χ0n) is 7.61. The van der Waals surface area contributed by atoms with E-state index in [1.54, 1.807) is 0 Å². The van der Waals surface area contributed by atoms with Crippen LogP contribution in [0.5, 0.6) is 0 Å². The summed E-state index contributed by atoms with van der Waals surface area (Å²) >= 11 is 0. The van der Waals surface area contributed by atoms with Gasteiger partial charge in [0, 0.05) is 13.0 Å². The zero-order valence-corrected chi connectivity index (χ0v) is 7.61.